The number of hydrogen-bond acceptors (Lipinski definition) is 3. The molecule has 4 nitrogen and oxygen atoms in total. The van der Waals surface area contributed by atoms with E-state index in [2.05, 4.69) is 0 Å². The van der Waals surface area contributed by atoms with Crippen molar-refractivity contribution in [2.45, 2.75) is 25.8 Å². The highest BCUT2D eigenvalue weighted by atomic mass is 19.4. The zero-order valence-electron chi connectivity index (χ0n) is 11.5. The predicted molar refractivity (Wildman–Crippen MR) is 70.0 cm³/mol. The number of carbonyl (C=O) groups is 1. The summed E-state index contributed by atoms with van der Waals surface area (Å²) in [5, 5.41) is 8.60. The maximum absolute atomic E-state index is 12.4. The SMILES string of the molecule is COc1ccc(C=CC(=O)O)c(COC(C)C(F)(F)F)c1. The molecule has 116 valence electrons. The number of benzene rings is 1. The fourth-order valence-corrected chi connectivity index (χ4v) is 1.47. The van der Waals surface area contributed by atoms with E-state index in [1.54, 1.807) is 12.1 Å². The predicted octanol–water partition coefficient (Wildman–Crippen LogP) is 3.26. The van der Waals surface area contributed by atoms with Gasteiger partial charge in [0.2, 0.25) is 0 Å². The van der Waals surface area contributed by atoms with Gasteiger partial charge in [0, 0.05) is 6.08 Å². The van der Waals surface area contributed by atoms with E-state index in [4.69, 9.17) is 14.6 Å². The Hall–Kier alpha value is -2.02. The highest BCUT2D eigenvalue weighted by Crippen LogP contribution is 2.25. The quantitative estimate of drug-likeness (QED) is 0.820. The molecule has 7 heteroatoms. The second-order valence-corrected chi connectivity index (χ2v) is 4.23. The van der Waals surface area contributed by atoms with E-state index in [1.165, 1.54) is 19.3 Å². The number of hydrogen-bond donors (Lipinski definition) is 1. The van der Waals surface area contributed by atoms with Crippen LogP contribution < -0.4 is 4.74 Å². The molecule has 0 aromatic heterocycles. The number of ether oxygens (including phenoxy) is 2. The molecule has 21 heavy (non-hydrogen) atoms. The zero-order valence-corrected chi connectivity index (χ0v) is 11.5. The lowest BCUT2D eigenvalue weighted by Crippen LogP contribution is -2.28. The third kappa shape index (κ3) is 5.47. The average molecular weight is 304 g/mol. The second-order valence-electron chi connectivity index (χ2n) is 4.23. The van der Waals surface area contributed by atoms with E-state index < -0.39 is 18.2 Å². The molecule has 1 atom stereocenters. The Morgan fingerprint density at radius 1 is 1.43 bits per heavy atom. The normalized spacial score (nSPS) is 13.4. The molecule has 0 radical (unpaired) electrons. The van der Waals surface area contributed by atoms with E-state index in [1.807, 2.05) is 0 Å². The Bertz CT molecular complexity index is 523. The Morgan fingerprint density at radius 2 is 2.10 bits per heavy atom. The van der Waals surface area contributed by atoms with Gasteiger partial charge in [-0.3, -0.25) is 0 Å². The van der Waals surface area contributed by atoms with Crippen LogP contribution in [0.5, 0.6) is 5.75 Å². The van der Waals surface area contributed by atoms with Gasteiger partial charge in [0.05, 0.1) is 13.7 Å². The van der Waals surface area contributed by atoms with Crippen LogP contribution in [-0.2, 0) is 16.1 Å². The largest absolute Gasteiger partial charge is 0.497 e. The van der Waals surface area contributed by atoms with Crippen molar-refractivity contribution in [3.8, 4) is 5.75 Å². The van der Waals surface area contributed by atoms with Crippen molar-refractivity contribution >= 4 is 12.0 Å². The van der Waals surface area contributed by atoms with Gasteiger partial charge in [-0.2, -0.15) is 13.2 Å². The molecule has 0 amide bonds. The molecule has 0 bridgehead atoms. The van der Waals surface area contributed by atoms with Crippen LogP contribution >= 0.6 is 0 Å². The van der Waals surface area contributed by atoms with Crippen LogP contribution in [0.25, 0.3) is 6.08 Å². The molecule has 0 saturated heterocycles. The van der Waals surface area contributed by atoms with Crippen LogP contribution in [0.4, 0.5) is 13.2 Å². The van der Waals surface area contributed by atoms with Crippen molar-refractivity contribution in [2.75, 3.05) is 7.11 Å². The summed E-state index contributed by atoms with van der Waals surface area (Å²) in [5.74, 6) is -0.706. The van der Waals surface area contributed by atoms with E-state index >= 15 is 0 Å². The van der Waals surface area contributed by atoms with Gasteiger partial charge in [0.15, 0.2) is 6.10 Å². The number of rotatable bonds is 6. The van der Waals surface area contributed by atoms with E-state index in [-0.39, 0.29) is 6.61 Å². The van der Waals surface area contributed by atoms with Gasteiger partial charge in [-0.1, -0.05) is 6.07 Å². The highest BCUT2D eigenvalue weighted by molar-refractivity contribution is 5.85. The Labute approximate surface area is 119 Å². The summed E-state index contributed by atoms with van der Waals surface area (Å²) >= 11 is 0. The molecule has 1 aromatic carbocycles. The first kappa shape index (κ1) is 17.0. The standard InChI is InChI=1S/C14H15F3O4/c1-9(14(15,16)17)21-8-11-7-12(20-2)5-3-10(11)4-6-13(18)19/h3-7,9H,8H2,1-2H3,(H,18,19). The van der Waals surface area contributed by atoms with Crippen LogP contribution in [0.1, 0.15) is 18.1 Å². The van der Waals surface area contributed by atoms with Gasteiger partial charge in [-0.25, -0.2) is 4.79 Å². The zero-order chi connectivity index (χ0) is 16.0. The van der Waals surface area contributed by atoms with E-state index in [0.717, 1.165) is 13.0 Å². The summed E-state index contributed by atoms with van der Waals surface area (Å²) < 4.78 is 47.0. The summed E-state index contributed by atoms with van der Waals surface area (Å²) in [5.41, 5.74) is 0.857. The van der Waals surface area contributed by atoms with Crippen LogP contribution in [0.2, 0.25) is 0 Å². The average Bonchev–Trinajstić information content (AvgIpc) is 2.41. The monoisotopic (exact) mass is 304 g/mol. The first-order valence-electron chi connectivity index (χ1n) is 6.00. The maximum Gasteiger partial charge on any atom is 0.414 e. The molecule has 1 aromatic rings. The van der Waals surface area contributed by atoms with Crippen LogP contribution in [-0.4, -0.2) is 30.5 Å². The maximum atomic E-state index is 12.4. The lowest BCUT2D eigenvalue weighted by atomic mass is 10.1. The first-order valence-corrected chi connectivity index (χ1v) is 6.00. The molecule has 1 rings (SSSR count). The molecule has 0 saturated carbocycles. The minimum absolute atomic E-state index is 0.308. The number of alkyl halides is 3. The Balaban J connectivity index is 2.94. The van der Waals surface area contributed by atoms with Crippen molar-refractivity contribution < 1.29 is 32.5 Å². The number of carboxylic acids is 1. The van der Waals surface area contributed by atoms with Crippen LogP contribution in [0.15, 0.2) is 24.3 Å². The van der Waals surface area contributed by atoms with Crippen molar-refractivity contribution in [3.05, 3.63) is 35.4 Å². The highest BCUT2D eigenvalue weighted by Gasteiger charge is 2.36. The molecule has 0 aliphatic heterocycles. The van der Waals surface area contributed by atoms with Gasteiger partial charge < -0.3 is 14.6 Å². The van der Waals surface area contributed by atoms with Crippen molar-refractivity contribution in [3.63, 3.8) is 0 Å². The summed E-state index contributed by atoms with van der Waals surface area (Å²) in [6.45, 7) is 0.601. The van der Waals surface area contributed by atoms with Gasteiger partial charge >= 0.3 is 12.1 Å². The summed E-state index contributed by atoms with van der Waals surface area (Å²) in [4.78, 5) is 10.5. The minimum Gasteiger partial charge on any atom is -0.497 e. The van der Waals surface area contributed by atoms with Gasteiger partial charge in [0.25, 0.3) is 0 Å². The van der Waals surface area contributed by atoms with E-state index in [9.17, 15) is 18.0 Å². The lowest BCUT2D eigenvalue weighted by molar-refractivity contribution is -0.217. The molecular formula is C14H15F3O4. The number of methoxy groups -OCH3 is 1. The van der Waals surface area contributed by atoms with Gasteiger partial charge in [-0.15, -0.1) is 0 Å². The van der Waals surface area contributed by atoms with E-state index in [0.29, 0.717) is 16.9 Å². The van der Waals surface area contributed by atoms with Gasteiger partial charge in [-0.05, 0) is 36.3 Å². The molecule has 1 N–H and O–H groups in total. The molecular weight excluding hydrogens is 289 g/mol. The summed E-state index contributed by atoms with van der Waals surface area (Å²) in [7, 11) is 1.42. The van der Waals surface area contributed by atoms with Crippen molar-refractivity contribution in [1.82, 2.24) is 0 Å². The lowest BCUT2D eigenvalue weighted by Gasteiger charge is -2.17. The smallest absolute Gasteiger partial charge is 0.414 e. The number of carboxylic acid groups (broad SMARTS) is 1. The van der Waals surface area contributed by atoms with Crippen molar-refractivity contribution in [1.29, 1.82) is 0 Å². The van der Waals surface area contributed by atoms with Crippen molar-refractivity contribution in [2.24, 2.45) is 0 Å². The minimum atomic E-state index is -4.45. The number of aliphatic carboxylic acids is 1. The third-order valence-electron chi connectivity index (χ3n) is 2.71. The molecule has 0 aliphatic rings. The molecule has 1 unspecified atom stereocenters. The fourth-order valence-electron chi connectivity index (χ4n) is 1.47. The Kier molecular flexibility index (Phi) is 5.78. The topological polar surface area (TPSA) is 55.8 Å². The molecule has 0 spiro atoms. The first-order chi connectivity index (χ1) is 9.74. The Morgan fingerprint density at radius 3 is 2.62 bits per heavy atom. The molecule has 0 heterocycles. The third-order valence-corrected chi connectivity index (χ3v) is 2.71. The fraction of sp³-hybridized carbons (Fsp3) is 0.357. The summed E-state index contributed by atoms with van der Waals surface area (Å²) in [6, 6.07) is 4.64. The van der Waals surface area contributed by atoms with Crippen LogP contribution in [0.3, 0.4) is 0 Å². The molecule has 0 fully saturated rings. The van der Waals surface area contributed by atoms with Gasteiger partial charge in [0.1, 0.15) is 5.75 Å². The summed E-state index contributed by atoms with van der Waals surface area (Å²) in [6.07, 6.45) is -4.17. The van der Waals surface area contributed by atoms with Crippen LogP contribution in [0, 0.1) is 0 Å². The second kappa shape index (κ2) is 7.12. The molecule has 0 aliphatic carbocycles. The number of halogens is 3.